The predicted octanol–water partition coefficient (Wildman–Crippen LogP) is -0.909. The molecule has 0 saturated carbocycles. The lowest BCUT2D eigenvalue weighted by Gasteiger charge is -2.32. The van der Waals surface area contributed by atoms with Crippen LogP contribution in [0, 0.1) is 0 Å². The van der Waals surface area contributed by atoms with Crippen LogP contribution < -0.4 is 5.14 Å². The molecule has 1 aromatic rings. The molecule has 19 heavy (non-hydrogen) atoms. The molecule has 0 spiro atoms. The van der Waals surface area contributed by atoms with Gasteiger partial charge in [0.05, 0.1) is 12.4 Å². The number of halogens is 1. The van der Waals surface area contributed by atoms with Gasteiger partial charge in [-0.15, -0.1) is 0 Å². The van der Waals surface area contributed by atoms with Gasteiger partial charge >= 0.3 is 0 Å². The number of carbonyl (C=O) groups is 1. The van der Waals surface area contributed by atoms with Crippen LogP contribution >= 0.6 is 11.6 Å². The maximum Gasteiger partial charge on any atom is 0.277 e. The highest BCUT2D eigenvalue weighted by Gasteiger charge is 2.27. The highest BCUT2D eigenvalue weighted by molar-refractivity contribution is 7.86. The minimum atomic E-state index is -3.70. The third-order valence-corrected chi connectivity index (χ3v) is 3.98. The van der Waals surface area contributed by atoms with E-state index in [0.29, 0.717) is 0 Å². The van der Waals surface area contributed by atoms with Gasteiger partial charge in [-0.3, -0.25) is 9.78 Å². The van der Waals surface area contributed by atoms with Gasteiger partial charge in [0.2, 0.25) is 0 Å². The molecule has 0 aliphatic carbocycles. The van der Waals surface area contributed by atoms with Crippen LogP contribution in [0.15, 0.2) is 12.4 Å². The van der Waals surface area contributed by atoms with Crippen LogP contribution in [0.5, 0.6) is 0 Å². The number of nitrogens with two attached hydrogens (primary N) is 1. The van der Waals surface area contributed by atoms with Crippen molar-refractivity contribution >= 4 is 27.7 Å². The van der Waals surface area contributed by atoms with Gasteiger partial charge in [-0.05, 0) is 0 Å². The number of hydrogen-bond donors (Lipinski definition) is 1. The average Bonchev–Trinajstić information content (AvgIpc) is 2.37. The summed E-state index contributed by atoms with van der Waals surface area (Å²) in [5.41, 5.74) is 0.136. The first-order valence-corrected chi connectivity index (χ1v) is 7.31. The zero-order valence-corrected chi connectivity index (χ0v) is 11.4. The minimum Gasteiger partial charge on any atom is -0.335 e. The summed E-state index contributed by atoms with van der Waals surface area (Å²) in [5.74, 6) is -0.330. The number of nitrogens with zero attached hydrogens (tertiary/aromatic N) is 4. The molecule has 1 aliphatic heterocycles. The van der Waals surface area contributed by atoms with E-state index in [2.05, 4.69) is 9.97 Å². The number of carbonyl (C=O) groups excluding carboxylic acids is 1. The monoisotopic (exact) mass is 305 g/mol. The fourth-order valence-corrected chi connectivity index (χ4v) is 2.57. The first-order valence-electron chi connectivity index (χ1n) is 5.42. The zero-order valence-electron chi connectivity index (χ0n) is 9.86. The van der Waals surface area contributed by atoms with Crippen LogP contribution in [-0.2, 0) is 10.2 Å². The second-order valence-corrected chi connectivity index (χ2v) is 5.90. The Morgan fingerprint density at radius 1 is 1.26 bits per heavy atom. The number of piperazine rings is 1. The van der Waals surface area contributed by atoms with Crippen LogP contribution in [0.25, 0.3) is 0 Å². The Bertz CT molecular complexity index is 585. The third kappa shape index (κ3) is 3.38. The molecule has 2 rings (SSSR count). The Labute approximate surface area is 115 Å². The minimum absolute atomic E-state index is 0.133. The molecule has 2 N–H and O–H groups in total. The number of aromatic nitrogens is 2. The molecular formula is C9H12ClN5O3S. The Kier molecular flexibility index (Phi) is 3.99. The van der Waals surface area contributed by atoms with E-state index in [4.69, 9.17) is 16.7 Å². The van der Waals surface area contributed by atoms with Crippen molar-refractivity contribution in [1.29, 1.82) is 0 Å². The summed E-state index contributed by atoms with van der Waals surface area (Å²) in [5, 5.41) is 5.15. The molecule has 2 heterocycles. The van der Waals surface area contributed by atoms with Gasteiger partial charge in [0.25, 0.3) is 16.1 Å². The van der Waals surface area contributed by atoms with E-state index in [1.54, 1.807) is 0 Å². The lowest BCUT2D eigenvalue weighted by Crippen LogP contribution is -2.52. The number of amides is 1. The van der Waals surface area contributed by atoms with Crippen molar-refractivity contribution < 1.29 is 13.2 Å². The molecule has 0 unspecified atom stereocenters. The van der Waals surface area contributed by atoms with Gasteiger partial charge < -0.3 is 4.90 Å². The lowest BCUT2D eigenvalue weighted by molar-refractivity contribution is 0.0691. The fraction of sp³-hybridized carbons (Fsp3) is 0.444. The van der Waals surface area contributed by atoms with Crippen molar-refractivity contribution in [2.75, 3.05) is 26.2 Å². The van der Waals surface area contributed by atoms with Crippen molar-refractivity contribution in [1.82, 2.24) is 19.2 Å². The van der Waals surface area contributed by atoms with E-state index in [1.807, 2.05) is 0 Å². The fourth-order valence-electron chi connectivity index (χ4n) is 1.75. The summed E-state index contributed by atoms with van der Waals surface area (Å²) >= 11 is 5.66. The largest absolute Gasteiger partial charge is 0.335 e. The lowest BCUT2D eigenvalue weighted by atomic mass is 10.3. The van der Waals surface area contributed by atoms with Gasteiger partial charge in [0, 0.05) is 26.2 Å². The molecule has 0 radical (unpaired) electrons. The van der Waals surface area contributed by atoms with E-state index in [1.165, 1.54) is 17.3 Å². The summed E-state index contributed by atoms with van der Waals surface area (Å²) in [6.07, 6.45) is 2.65. The van der Waals surface area contributed by atoms with Crippen molar-refractivity contribution in [3.63, 3.8) is 0 Å². The third-order valence-electron chi connectivity index (χ3n) is 2.71. The quantitative estimate of drug-likeness (QED) is 0.761. The smallest absolute Gasteiger partial charge is 0.277 e. The second-order valence-electron chi connectivity index (χ2n) is 3.96. The Balaban J connectivity index is 2.04. The molecule has 104 valence electrons. The van der Waals surface area contributed by atoms with Crippen LogP contribution in [0.4, 0.5) is 0 Å². The van der Waals surface area contributed by atoms with Gasteiger partial charge in [-0.2, -0.15) is 12.7 Å². The second kappa shape index (κ2) is 5.37. The molecule has 0 bridgehead atoms. The van der Waals surface area contributed by atoms with Crippen LogP contribution in [0.1, 0.15) is 10.5 Å². The average molecular weight is 306 g/mol. The first-order chi connectivity index (χ1) is 8.88. The zero-order chi connectivity index (χ0) is 14.0. The predicted molar refractivity (Wildman–Crippen MR) is 67.6 cm³/mol. The van der Waals surface area contributed by atoms with Gasteiger partial charge in [-0.25, -0.2) is 10.1 Å². The summed E-state index contributed by atoms with van der Waals surface area (Å²) < 4.78 is 23.4. The first kappa shape index (κ1) is 14.1. The van der Waals surface area contributed by atoms with Crippen molar-refractivity contribution in [3.8, 4) is 0 Å². The van der Waals surface area contributed by atoms with Gasteiger partial charge in [0.1, 0.15) is 10.8 Å². The summed E-state index contributed by atoms with van der Waals surface area (Å²) in [6.45, 7) is 0.837. The standard InChI is InChI=1S/C9H12ClN5O3S/c10-8-6-12-5-7(13-8)9(16)14-1-3-15(4-2-14)19(11,17)18/h5-6H,1-4H2,(H2,11,17,18). The maximum absolute atomic E-state index is 12.1. The van der Waals surface area contributed by atoms with E-state index in [-0.39, 0.29) is 42.9 Å². The van der Waals surface area contributed by atoms with Gasteiger partial charge in [-0.1, -0.05) is 11.6 Å². The SMILES string of the molecule is NS(=O)(=O)N1CCN(C(=O)c2cncc(Cl)n2)CC1. The Hall–Kier alpha value is -1.29. The van der Waals surface area contributed by atoms with E-state index in [0.717, 1.165) is 4.31 Å². The normalized spacial score (nSPS) is 17.5. The molecular weight excluding hydrogens is 294 g/mol. The maximum atomic E-state index is 12.1. The molecule has 8 nitrogen and oxygen atoms in total. The molecule has 1 amide bonds. The Morgan fingerprint density at radius 3 is 2.42 bits per heavy atom. The van der Waals surface area contributed by atoms with Crippen LogP contribution in [0.2, 0.25) is 5.15 Å². The van der Waals surface area contributed by atoms with Crippen LogP contribution in [-0.4, -0.2) is 59.7 Å². The molecule has 10 heteroatoms. The summed E-state index contributed by atoms with van der Waals surface area (Å²) in [6, 6.07) is 0. The summed E-state index contributed by atoms with van der Waals surface area (Å²) in [7, 11) is -3.70. The van der Waals surface area contributed by atoms with E-state index in [9.17, 15) is 13.2 Å². The molecule has 1 aromatic heterocycles. The van der Waals surface area contributed by atoms with Gasteiger partial charge in [0.15, 0.2) is 0 Å². The van der Waals surface area contributed by atoms with Crippen LogP contribution in [0.3, 0.4) is 0 Å². The molecule has 1 fully saturated rings. The summed E-state index contributed by atoms with van der Waals surface area (Å²) in [4.78, 5) is 21.2. The Morgan fingerprint density at radius 2 is 1.89 bits per heavy atom. The molecule has 0 atom stereocenters. The van der Waals surface area contributed by atoms with Crippen molar-refractivity contribution in [2.45, 2.75) is 0 Å². The highest BCUT2D eigenvalue weighted by atomic mass is 35.5. The van der Waals surface area contributed by atoms with Crippen molar-refractivity contribution in [3.05, 3.63) is 23.2 Å². The number of hydrogen-bond acceptors (Lipinski definition) is 5. The highest BCUT2D eigenvalue weighted by Crippen LogP contribution is 2.10. The molecule has 1 aliphatic rings. The van der Waals surface area contributed by atoms with Crippen molar-refractivity contribution in [2.24, 2.45) is 5.14 Å². The van der Waals surface area contributed by atoms with E-state index >= 15 is 0 Å². The topological polar surface area (TPSA) is 109 Å². The molecule has 0 aromatic carbocycles. The number of rotatable bonds is 2. The van der Waals surface area contributed by atoms with E-state index < -0.39 is 10.2 Å². The molecule has 1 saturated heterocycles.